The highest BCUT2D eigenvalue weighted by atomic mass is 32.2. The summed E-state index contributed by atoms with van der Waals surface area (Å²) in [4.78, 5) is 0.253. The van der Waals surface area contributed by atoms with Crippen LogP contribution in [0.25, 0.3) is 0 Å². The zero-order valence-corrected chi connectivity index (χ0v) is 12.9. The van der Waals surface area contributed by atoms with Gasteiger partial charge in [-0.05, 0) is 30.2 Å². The highest BCUT2D eigenvalue weighted by Crippen LogP contribution is 2.16. The Hall–Kier alpha value is -1.11. The molecule has 5 nitrogen and oxygen atoms in total. The monoisotopic (exact) mass is 300 g/mol. The number of hydrogen-bond acceptors (Lipinski definition) is 4. The third-order valence-corrected chi connectivity index (χ3v) is 4.68. The predicted octanol–water partition coefficient (Wildman–Crippen LogP) is 1.74. The second kappa shape index (κ2) is 8.24. The van der Waals surface area contributed by atoms with E-state index in [1.807, 2.05) is 0 Å². The van der Waals surface area contributed by atoms with E-state index in [9.17, 15) is 8.42 Å². The molecule has 0 aliphatic carbocycles. The highest BCUT2D eigenvalue weighted by Gasteiger charge is 2.15. The molecule has 1 aromatic rings. The molecule has 0 atom stereocenters. The van der Waals surface area contributed by atoms with E-state index in [1.54, 1.807) is 24.3 Å². The van der Waals surface area contributed by atoms with Crippen molar-refractivity contribution in [2.24, 2.45) is 11.7 Å². The summed E-state index contributed by atoms with van der Waals surface area (Å²) in [6.07, 6.45) is 1.93. The Balaban J connectivity index is 2.67. The van der Waals surface area contributed by atoms with Gasteiger partial charge in [0.1, 0.15) is 12.4 Å². The molecule has 0 saturated heterocycles. The number of ether oxygens (including phenoxy) is 1. The second-order valence-electron chi connectivity index (χ2n) is 4.64. The topological polar surface area (TPSA) is 81.4 Å². The van der Waals surface area contributed by atoms with Crippen molar-refractivity contribution < 1.29 is 13.2 Å². The van der Waals surface area contributed by atoms with Crippen molar-refractivity contribution in [2.75, 3.05) is 19.7 Å². The second-order valence-corrected chi connectivity index (χ2v) is 6.41. The van der Waals surface area contributed by atoms with Crippen molar-refractivity contribution in [2.45, 2.75) is 31.6 Å². The Labute approximate surface area is 121 Å². The highest BCUT2D eigenvalue weighted by molar-refractivity contribution is 7.89. The molecule has 0 fully saturated rings. The molecule has 0 unspecified atom stereocenters. The van der Waals surface area contributed by atoms with E-state index in [0.29, 0.717) is 31.4 Å². The van der Waals surface area contributed by atoms with Gasteiger partial charge in [-0.15, -0.1) is 0 Å². The first-order valence-corrected chi connectivity index (χ1v) is 8.44. The van der Waals surface area contributed by atoms with E-state index in [-0.39, 0.29) is 4.90 Å². The van der Waals surface area contributed by atoms with Crippen LogP contribution < -0.4 is 15.2 Å². The lowest BCUT2D eigenvalue weighted by Gasteiger charge is -2.13. The Morgan fingerprint density at radius 1 is 1.20 bits per heavy atom. The van der Waals surface area contributed by atoms with Crippen LogP contribution in [0, 0.1) is 5.92 Å². The zero-order valence-electron chi connectivity index (χ0n) is 12.1. The van der Waals surface area contributed by atoms with Crippen molar-refractivity contribution in [3.63, 3.8) is 0 Å². The Morgan fingerprint density at radius 3 is 2.30 bits per heavy atom. The van der Waals surface area contributed by atoms with E-state index in [2.05, 4.69) is 18.6 Å². The summed E-state index contributed by atoms with van der Waals surface area (Å²) < 4.78 is 32.2. The third-order valence-electron chi connectivity index (χ3n) is 3.24. The molecule has 3 N–H and O–H groups in total. The summed E-state index contributed by atoms with van der Waals surface area (Å²) in [6.45, 7) is 5.44. The van der Waals surface area contributed by atoms with Crippen LogP contribution in [0.5, 0.6) is 5.75 Å². The van der Waals surface area contributed by atoms with Crippen molar-refractivity contribution in [1.82, 2.24) is 4.72 Å². The number of benzene rings is 1. The summed E-state index contributed by atoms with van der Waals surface area (Å²) in [5, 5.41) is 0. The molecular formula is C14H24N2O3S. The molecule has 0 amide bonds. The zero-order chi connectivity index (χ0) is 15.0. The molecule has 1 rings (SSSR count). The quantitative estimate of drug-likeness (QED) is 0.728. The van der Waals surface area contributed by atoms with Crippen molar-refractivity contribution >= 4 is 10.0 Å². The summed E-state index contributed by atoms with van der Waals surface area (Å²) in [5.41, 5.74) is 5.34. The molecular weight excluding hydrogens is 276 g/mol. The summed E-state index contributed by atoms with van der Waals surface area (Å²) in [5.74, 6) is 0.992. The largest absolute Gasteiger partial charge is 0.492 e. The third kappa shape index (κ3) is 5.11. The van der Waals surface area contributed by atoms with Gasteiger partial charge in [0.15, 0.2) is 0 Å². The lowest BCUT2D eigenvalue weighted by Crippen LogP contribution is -2.29. The summed E-state index contributed by atoms with van der Waals surface area (Å²) in [7, 11) is -3.44. The molecule has 0 bridgehead atoms. The summed E-state index contributed by atoms with van der Waals surface area (Å²) >= 11 is 0. The van der Waals surface area contributed by atoms with Crippen molar-refractivity contribution in [3.05, 3.63) is 24.3 Å². The van der Waals surface area contributed by atoms with E-state index in [4.69, 9.17) is 10.5 Å². The Kier molecular flexibility index (Phi) is 6.98. The molecule has 20 heavy (non-hydrogen) atoms. The normalized spacial score (nSPS) is 11.8. The van der Waals surface area contributed by atoms with Gasteiger partial charge >= 0.3 is 0 Å². The minimum absolute atomic E-state index is 0.253. The van der Waals surface area contributed by atoms with Crippen LogP contribution in [0.1, 0.15) is 26.7 Å². The fourth-order valence-electron chi connectivity index (χ4n) is 1.78. The van der Waals surface area contributed by atoms with Crippen LogP contribution in [0.2, 0.25) is 0 Å². The fourth-order valence-corrected chi connectivity index (χ4v) is 2.90. The van der Waals surface area contributed by atoms with E-state index in [0.717, 1.165) is 12.8 Å². The SMILES string of the molecule is CCC(CC)CNS(=O)(=O)c1ccc(OCCN)cc1. The van der Waals surface area contributed by atoms with Crippen molar-refractivity contribution in [1.29, 1.82) is 0 Å². The van der Waals surface area contributed by atoms with Gasteiger partial charge in [-0.1, -0.05) is 26.7 Å². The molecule has 0 aliphatic rings. The van der Waals surface area contributed by atoms with Crippen molar-refractivity contribution in [3.8, 4) is 5.75 Å². The van der Waals surface area contributed by atoms with Gasteiger partial charge in [0.05, 0.1) is 4.90 Å². The minimum Gasteiger partial charge on any atom is -0.492 e. The number of sulfonamides is 1. The first-order valence-electron chi connectivity index (χ1n) is 6.96. The van der Waals surface area contributed by atoms with E-state index < -0.39 is 10.0 Å². The average molecular weight is 300 g/mol. The molecule has 0 aromatic heterocycles. The van der Waals surface area contributed by atoms with Gasteiger partial charge in [0.2, 0.25) is 10.0 Å². The van der Waals surface area contributed by atoms with Gasteiger partial charge in [0, 0.05) is 13.1 Å². The number of rotatable bonds is 9. The van der Waals surface area contributed by atoms with Gasteiger partial charge in [-0.25, -0.2) is 13.1 Å². The number of nitrogens with one attached hydrogen (secondary N) is 1. The number of hydrogen-bond donors (Lipinski definition) is 2. The van der Waals surface area contributed by atoms with Crippen LogP contribution in [0.15, 0.2) is 29.2 Å². The van der Waals surface area contributed by atoms with E-state index in [1.165, 1.54) is 0 Å². The fraction of sp³-hybridized carbons (Fsp3) is 0.571. The maximum absolute atomic E-state index is 12.1. The molecule has 114 valence electrons. The van der Waals surface area contributed by atoms with Gasteiger partial charge in [-0.3, -0.25) is 0 Å². The molecule has 0 spiro atoms. The predicted molar refractivity (Wildman–Crippen MR) is 80.3 cm³/mol. The summed E-state index contributed by atoms with van der Waals surface area (Å²) in [6, 6.07) is 6.37. The van der Waals surface area contributed by atoms with Crippen LogP contribution in [0.3, 0.4) is 0 Å². The molecule has 0 aliphatic heterocycles. The Bertz CT molecular complexity index is 482. The first-order chi connectivity index (χ1) is 9.53. The van der Waals surface area contributed by atoms with Crippen LogP contribution in [-0.4, -0.2) is 28.1 Å². The average Bonchev–Trinajstić information content (AvgIpc) is 2.46. The minimum atomic E-state index is -3.44. The number of nitrogens with two attached hydrogens (primary N) is 1. The molecule has 0 radical (unpaired) electrons. The lowest BCUT2D eigenvalue weighted by atomic mass is 10.0. The first kappa shape index (κ1) is 16.9. The molecule has 0 heterocycles. The smallest absolute Gasteiger partial charge is 0.240 e. The Morgan fingerprint density at radius 2 is 1.80 bits per heavy atom. The molecule has 1 aromatic carbocycles. The maximum Gasteiger partial charge on any atom is 0.240 e. The molecule has 0 saturated carbocycles. The van der Waals surface area contributed by atoms with Gasteiger partial charge in [0.25, 0.3) is 0 Å². The van der Waals surface area contributed by atoms with Crippen LogP contribution >= 0.6 is 0 Å². The van der Waals surface area contributed by atoms with Gasteiger partial charge < -0.3 is 10.5 Å². The molecule has 6 heteroatoms. The standard InChI is InChI=1S/C14H24N2O3S/c1-3-12(4-2)11-16-20(17,18)14-7-5-13(6-8-14)19-10-9-15/h5-8,12,16H,3-4,9-11,15H2,1-2H3. The van der Waals surface area contributed by atoms with Gasteiger partial charge in [-0.2, -0.15) is 0 Å². The van der Waals surface area contributed by atoms with Crippen LogP contribution in [0.4, 0.5) is 0 Å². The maximum atomic E-state index is 12.1. The van der Waals surface area contributed by atoms with Crippen LogP contribution in [-0.2, 0) is 10.0 Å². The van der Waals surface area contributed by atoms with E-state index >= 15 is 0 Å². The lowest BCUT2D eigenvalue weighted by molar-refractivity contribution is 0.328.